The third-order valence-electron chi connectivity index (χ3n) is 3.64. The van der Waals surface area contributed by atoms with E-state index in [9.17, 15) is 4.79 Å². The van der Waals surface area contributed by atoms with Crippen molar-refractivity contribution in [1.29, 1.82) is 0 Å². The van der Waals surface area contributed by atoms with Gasteiger partial charge in [-0.05, 0) is 18.6 Å². The van der Waals surface area contributed by atoms with Gasteiger partial charge in [0.15, 0.2) is 5.82 Å². The smallest absolute Gasteiger partial charge is 0.257 e. The van der Waals surface area contributed by atoms with E-state index < -0.39 is 0 Å². The molecular weight excluding hydrogens is 270 g/mol. The maximum Gasteiger partial charge on any atom is 0.257 e. The van der Waals surface area contributed by atoms with Crippen LogP contribution < -0.4 is 0 Å². The van der Waals surface area contributed by atoms with Crippen molar-refractivity contribution in [1.82, 2.24) is 15.0 Å². The molecule has 6 heteroatoms. The predicted molar refractivity (Wildman–Crippen MR) is 75.5 cm³/mol. The highest BCUT2D eigenvalue weighted by atomic mass is 16.5. The lowest BCUT2D eigenvalue weighted by Gasteiger charge is -2.14. The molecule has 0 saturated carbocycles. The molecule has 0 unspecified atom stereocenters. The van der Waals surface area contributed by atoms with Gasteiger partial charge in [-0.2, -0.15) is 4.98 Å². The maximum atomic E-state index is 11.8. The molecule has 21 heavy (non-hydrogen) atoms. The second-order valence-electron chi connectivity index (χ2n) is 5.08. The fourth-order valence-corrected chi connectivity index (χ4v) is 2.51. The lowest BCUT2D eigenvalue weighted by atomic mass is 10.1. The van der Waals surface area contributed by atoms with Crippen molar-refractivity contribution in [2.24, 2.45) is 0 Å². The zero-order chi connectivity index (χ0) is 14.7. The number of rotatable bonds is 4. The van der Waals surface area contributed by atoms with Crippen LogP contribution in [0.1, 0.15) is 18.2 Å². The minimum atomic E-state index is 0.00628. The van der Waals surface area contributed by atoms with E-state index in [0.717, 1.165) is 12.0 Å². The number of likely N-dealkylation sites (tertiary alicyclic amines) is 1. The summed E-state index contributed by atoms with van der Waals surface area (Å²) in [5.74, 6) is 1.33. The maximum absolute atomic E-state index is 11.8. The molecule has 1 fully saturated rings. The van der Waals surface area contributed by atoms with Crippen molar-refractivity contribution in [3.8, 4) is 11.5 Å². The van der Waals surface area contributed by atoms with Crippen LogP contribution in [0.4, 0.5) is 0 Å². The first-order chi connectivity index (χ1) is 10.3. The lowest BCUT2D eigenvalue weighted by Crippen LogP contribution is -2.31. The van der Waals surface area contributed by atoms with E-state index in [1.807, 2.05) is 30.3 Å². The number of hydrogen-bond acceptors (Lipinski definition) is 5. The summed E-state index contributed by atoms with van der Waals surface area (Å²) < 4.78 is 10.2. The minimum absolute atomic E-state index is 0.00628. The third-order valence-corrected chi connectivity index (χ3v) is 3.64. The first kappa shape index (κ1) is 13.8. The van der Waals surface area contributed by atoms with Crippen LogP contribution in [0.15, 0.2) is 34.9 Å². The average Bonchev–Trinajstić information content (AvgIpc) is 3.17. The first-order valence-corrected chi connectivity index (χ1v) is 6.93. The van der Waals surface area contributed by atoms with Crippen molar-refractivity contribution in [3.63, 3.8) is 0 Å². The summed E-state index contributed by atoms with van der Waals surface area (Å²) in [4.78, 5) is 18.0. The summed E-state index contributed by atoms with van der Waals surface area (Å²) in [6, 6.07) is 9.66. The van der Waals surface area contributed by atoms with Gasteiger partial charge in [-0.15, -0.1) is 0 Å². The highest BCUT2D eigenvalue weighted by Crippen LogP contribution is 2.27. The van der Waals surface area contributed by atoms with Crippen molar-refractivity contribution in [3.05, 3.63) is 36.2 Å². The van der Waals surface area contributed by atoms with E-state index in [1.54, 1.807) is 4.90 Å². The Hall–Kier alpha value is -2.21. The molecule has 1 aromatic heterocycles. The zero-order valence-corrected chi connectivity index (χ0v) is 11.9. The molecule has 0 N–H and O–H groups in total. The quantitative estimate of drug-likeness (QED) is 0.856. The molecule has 110 valence electrons. The van der Waals surface area contributed by atoms with Gasteiger partial charge in [-0.25, -0.2) is 0 Å². The van der Waals surface area contributed by atoms with Gasteiger partial charge in [-0.3, -0.25) is 4.79 Å². The Morgan fingerprint density at radius 3 is 3.00 bits per heavy atom. The van der Waals surface area contributed by atoms with E-state index in [-0.39, 0.29) is 18.4 Å². The molecule has 1 aromatic carbocycles. The molecule has 1 saturated heterocycles. The fraction of sp³-hybridized carbons (Fsp3) is 0.400. The molecule has 0 bridgehead atoms. The van der Waals surface area contributed by atoms with Gasteiger partial charge in [0.1, 0.15) is 6.61 Å². The number of methoxy groups -OCH3 is 1. The Labute approximate surface area is 122 Å². The second kappa shape index (κ2) is 6.05. The third kappa shape index (κ3) is 2.95. The van der Waals surface area contributed by atoms with Gasteiger partial charge in [0.25, 0.3) is 5.89 Å². The van der Waals surface area contributed by atoms with Gasteiger partial charge in [0, 0.05) is 31.7 Å². The molecule has 3 rings (SSSR count). The topological polar surface area (TPSA) is 68.5 Å². The Kier molecular flexibility index (Phi) is 3.96. The van der Waals surface area contributed by atoms with Crippen LogP contribution in [0.25, 0.3) is 11.5 Å². The standard InChI is InChI=1S/C15H17N3O3/c1-20-10-13(19)18-8-7-12(9-18)14-16-15(21-17-14)11-5-3-2-4-6-11/h2-6,12H,7-10H2,1H3/t12-/m0/s1. The molecule has 2 aromatic rings. The Morgan fingerprint density at radius 1 is 1.43 bits per heavy atom. The number of carbonyl (C=O) groups is 1. The van der Waals surface area contributed by atoms with Gasteiger partial charge in [-0.1, -0.05) is 23.4 Å². The first-order valence-electron chi connectivity index (χ1n) is 6.93. The van der Waals surface area contributed by atoms with Crippen LogP contribution in [0.3, 0.4) is 0 Å². The van der Waals surface area contributed by atoms with Gasteiger partial charge < -0.3 is 14.2 Å². The molecule has 1 amide bonds. The van der Waals surface area contributed by atoms with E-state index >= 15 is 0 Å². The molecule has 0 radical (unpaired) electrons. The number of amides is 1. The normalized spacial score (nSPS) is 18.1. The minimum Gasteiger partial charge on any atom is -0.375 e. The highest BCUT2D eigenvalue weighted by molar-refractivity contribution is 5.77. The van der Waals surface area contributed by atoms with Crippen LogP contribution in [-0.2, 0) is 9.53 Å². The van der Waals surface area contributed by atoms with Crippen LogP contribution in [0.2, 0.25) is 0 Å². The van der Waals surface area contributed by atoms with Crippen LogP contribution >= 0.6 is 0 Å². The lowest BCUT2D eigenvalue weighted by molar-refractivity contribution is -0.134. The Bertz CT molecular complexity index is 612. The van der Waals surface area contributed by atoms with Crippen molar-refractivity contribution >= 4 is 5.91 Å². The van der Waals surface area contributed by atoms with Crippen molar-refractivity contribution in [2.75, 3.05) is 26.8 Å². The van der Waals surface area contributed by atoms with Gasteiger partial charge in [0.2, 0.25) is 5.91 Å². The average molecular weight is 287 g/mol. The molecule has 6 nitrogen and oxygen atoms in total. The van der Waals surface area contributed by atoms with Gasteiger partial charge >= 0.3 is 0 Å². The zero-order valence-electron chi connectivity index (χ0n) is 11.9. The molecule has 0 aliphatic carbocycles. The molecule has 2 heterocycles. The summed E-state index contributed by atoms with van der Waals surface area (Å²) in [6.45, 7) is 1.45. The molecule has 1 aliphatic heterocycles. The predicted octanol–water partition coefficient (Wildman–Crippen LogP) is 1.70. The highest BCUT2D eigenvalue weighted by Gasteiger charge is 2.30. The van der Waals surface area contributed by atoms with Crippen LogP contribution in [0, 0.1) is 0 Å². The molecule has 1 atom stereocenters. The van der Waals surface area contributed by atoms with E-state index in [4.69, 9.17) is 9.26 Å². The molecule has 0 spiro atoms. The van der Waals surface area contributed by atoms with Crippen LogP contribution in [0.5, 0.6) is 0 Å². The number of benzene rings is 1. The number of nitrogens with zero attached hydrogens (tertiary/aromatic N) is 3. The Morgan fingerprint density at radius 2 is 2.24 bits per heavy atom. The summed E-state index contributed by atoms with van der Waals surface area (Å²) >= 11 is 0. The number of hydrogen-bond donors (Lipinski definition) is 0. The second-order valence-corrected chi connectivity index (χ2v) is 5.08. The summed E-state index contributed by atoms with van der Waals surface area (Å²) in [7, 11) is 1.52. The Balaban J connectivity index is 1.69. The SMILES string of the molecule is COCC(=O)N1CC[C@H](c2noc(-c3ccccc3)n2)C1. The molecular formula is C15H17N3O3. The van der Waals surface area contributed by atoms with E-state index in [2.05, 4.69) is 10.1 Å². The van der Waals surface area contributed by atoms with Crippen molar-refractivity contribution < 1.29 is 14.1 Å². The summed E-state index contributed by atoms with van der Waals surface area (Å²) in [6.07, 6.45) is 0.850. The molecule has 1 aliphatic rings. The van der Waals surface area contributed by atoms with E-state index in [0.29, 0.717) is 24.8 Å². The number of aromatic nitrogens is 2. The van der Waals surface area contributed by atoms with Crippen LogP contribution in [-0.4, -0.2) is 47.8 Å². The van der Waals surface area contributed by atoms with Crippen molar-refractivity contribution in [2.45, 2.75) is 12.3 Å². The summed E-state index contributed by atoms with van der Waals surface area (Å²) in [5.41, 5.74) is 0.904. The summed E-state index contributed by atoms with van der Waals surface area (Å²) in [5, 5.41) is 4.06. The number of carbonyl (C=O) groups excluding carboxylic acids is 1. The van der Waals surface area contributed by atoms with E-state index in [1.165, 1.54) is 7.11 Å². The van der Waals surface area contributed by atoms with Gasteiger partial charge in [0.05, 0.1) is 0 Å². The largest absolute Gasteiger partial charge is 0.375 e. The number of ether oxygens (including phenoxy) is 1. The monoisotopic (exact) mass is 287 g/mol. The fourth-order valence-electron chi connectivity index (χ4n) is 2.51.